The number of hydrogen-bond donors (Lipinski definition) is 1. The van der Waals surface area contributed by atoms with Crippen LogP contribution in [0.4, 0.5) is 23.2 Å². The van der Waals surface area contributed by atoms with Gasteiger partial charge in [-0.05, 0) is 25.1 Å². The molecule has 0 saturated carbocycles. The van der Waals surface area contributed by atoms with Crippen LogP contribution >= 0.6 is 0 Å². The Morgan fingerprint density at radius 1 is 1.33 bits per heavy atom. The van der Waals surface area contributed by atoms with Crippen molar-refractivity contribution < 1.29 is 22.7 Å². The molecule has 0 fully saturated rings. The van der Waals surface area contributed by atoms with Gasteiger partial charge in [-0.15, -0.1) is 0 Å². The molecule has 102 valence electrons. The molecular weight excluding hydrogens is 250 g/mol. The van der Waals surface area contributed by atoms with Gasteiger partial charge in [0.25, 0.3) is 0 Å². The molecule has 1 aromatic rings. The van der Waals surface area contributed by atoms with Crippen LogP contribution in [-0.4, -0.2) is 24.9 Å². The average Bonchev–Trinajstić information content (AvgIpc) is 2.24. The highest BCUT2D eigenvalue weighted by Crippen LogP contribution is 2.28. The highest BCUT2D eigenvalue weighted by atomic mass is 19.4. The molecule has 2 nitrogen and oxygen atoms in total. The summed E-state index contributed by atoms with van der Waals surface area (Å²) < 4.78 is 49.4. The number of benzene rings is 1. The highest BCUT2D eigenvalue weighted by molar-refractivity contribution is 5.54. The largest absolute Gasteiger partial charge is 0.390 e. The van der Waals surface area contributed by atoms with Crippen molar-refractivity contribution in [1.29, 1.82) is 0 Å². The SMILES string of the molecule is C[C@H](O)c1cc(F)ccc1N(C)CCC(F)(F)F. The number of aliphatic hydroxyl groups is 1. The fraction of sp³-hybridized carbons (Fsp3) is 0.500. The van der Waals surface area contributed by atoms with Crippen molar-refractivity contribution in [2.75, 3.05) is 18.5 Å². The van der Waals surface area contributed by atoms with Crippen molar-refractivity contribution in [2.24, 2.45) is 0 Å². The first kappa shape index (κ1) is 14.8. The highest BCUT2D eigenvalue weighted by Gasteiger charge is 2.27. The molecule has 1 N–H and O–H groups in total. The zero-order chi connectivity index (χ0) is 13.9. The number of alkyl halides is 3. The smallest absolute Gasteiger partial charge is 0.389 e. The summed E-state index contributed by atoms with van der Waals surface area (Å²) in [5.74, 6) is -0.529. The van der Waals surface area contributed by atoms with Gasteiger partial charge in [0.15, 0.2) is 0 Å². The predicted molar refractivity (Wildman–Crippen MR) is 61.0 cm³/mol. The summed E-state index contributed by atoms with van der Waals surface area (Å²) in [6, 6.07) is 3.66. The Morgan fingerprint density at radius 3 is 2.44 bits per heavy atom. The van der Waals surface area contributed by atoms with Crippen molar-refractivity contribution in [3.63, 3.8) is 0 Å². The first-order valence-electron chi connectivity index (χ1n) is 5.46. The normalized spacial score (nSPS) is 13.5. The second-order valence-electron chi connectivity index (χ2n) is 4.17. The molecule has 1 aromatic carbocycles. The van der Waals surface area contributed by atoms with E-state index in [1.54, 1.807) is 0 Å². The molecule has 0 amide bonds. The molecule has 0 bridgehead atoms. The monoisotopic (exact) mass is 265 g/mol. The lowest BCUT2D eigenvalue weighted by Crippen LogP contribution is -2.25. The standard InChI is InChI=1S/C12H15F4NO/c1-8(18)10-7-9(13)3-4-11(10)17(2)6-5-12(14,15)16/h3-4,7-8,18H,5-6H2,1-2H3/t8-/m0/s1. The van der Waals surface area contributed by atoms with Crippen molar-refractivity contribution >= 4 is 5.69 Å². The van der Waals surface area contributed by atoms with Gasteiger partial charge >= 0.3 is 6.18 Å². The molecule has 0 aliphatic heterocycles. The van der Waals surface area contributed by atoms with E-state index in [-0.39, 0.29) is 12.1 Å². The first-order valence-corrected chi connectivity index (χ1v) is 5.46. The van der Waals surface area contributed by atoms with Gasteiger partial charge in [-0.3, -0.25) is 0 Å². The fourth-order valence-corrected chi connectivity index (χ4v) is 1.62. The molecule has 0 unspecified atom stereocenters. The molecule has 0 radical (unpaired) electrons. The summed E-state index contributed by atoms with van der Waals surface area (Å²) in [6.07, 6.45) is -6.14. The molecule has 0 aromatic heterocycles. The number of aliphatic hydroxyl groups excluding tert-OH is 1. The minimum atomic E-state index is -4.24. The summed E-state index contributed by atoms with van der Waals surface area (Å²) in [5.41, 5.74) is 0.676. The third kappa shape index (κ3) is 4.18. The third-order valence-electron chi connectivity index (χ3n) is 2.58. The number of nitrogens with zero attached hydrogens (tertiary/aromatic N) is 1. The third-order valence-corrected chi connectivity index (χ3v) is 2.58. The van der Waals surface area contributed by atoms with E-state index in [1.807, 2.05) is 0 Å². The molecule has 0 aliphatic rings. The van der Waals surface area contributed by atoms with Gasteiger partial charge in [-0.2, -0.15) is 13.2 Å². The number of rotatable bonds is 4. The minimum absolute atomic E-state index is 0.241. The molecule has 0 heterocycles. The van der Waals surface area contributed by atoms with Crippen LogP contribution in [0.5, 0.6) is 0 Å². The molecule has 6 heteroatoms. The summed E-state index contributed by atoms with van der Waals surface area (Å²) >= 11 is 0. The number of hydrogen-bond acceptors (Lipinski definition) is 2. The second kappa shape index (κ2) is 5.56. The van der Waals surface area contributed by atoms with Gasteiger partial charge in [0.2, 0.25) is 0 Å². The molecule has 0 spiro atoms. The number of halogens is 4. The maximum absolute atomic E-state index is 13.0. The summed E-state index contributed by atoms with van der Waals surface area (Å²) in [5, 5.41) is 9.49. The Balaban J connectivity index is 2.88. The summed E-state index contributed by atoms with van der Waals surface area (Å²) in [6.45, 7) is 1.20. The molecule has 0 aliphatic carbocycles. The predicted octanol–water partition coefficient (Wildman–Crippen LogP) is 3.27. The summed E-state index contributed by atoms with van der Waals surface area (Å²) in [4.78, 5) is 1.36. The van der Waals surface area contributed by atoms with Gasteiger partial charge in [0.1, 0.15) is 5.82 Å². The van der Waals surface area contributed by atoms with Gasteiger partial charge in [0, 0.05) is 24.8 Å². The quantitative estimate of drug-likeness (QED) is 0.845. The Morgan fingerprint density at radius 2 is 1.94 bits per heavy atom. The van der Waals surface area contributed by atoms with E-state index in [4.69, 9.17) is 0 Å². The van der Waals surface area contributed by atoms with Gasteiger partial charge in [0.05, 0.1) is 12.5 Å². The maximum atomic E-state index is 13.0. The lowest BCUT2D eigenvalue weighted by molar-refractivity contribution is -0.132. The van der Waals surface area contributed by atoms with E-state index in [0.29, 0.717) is 5.69 Å². The van der Waals surface area contributed by atoms with E-state index in [1.165, 1.54) is 24.9 Å². The average molecular weight is 265 g/mol. The zero-order valence-electron chi connectivity index (χ0n) is 10.1. The Bertz CT molecular complexity index is 404. The van der Waals surface area contributed by atoms with Gasteiger partial charge in [-0.25, -0.2) is 4.39 Å². The Hall–Kier alpha value is -1.30. The van der Waals surface area contributed by atoms with Crippen molar-refractivity contribution in [1.82, 2.24) is 0 Å². The fourth-order valence-electron chi connectivity index (χ4n) is 1.62. The van der Waals surface area contributed by atoms with Crippen LogP contribution in [0, 0.1) is 5.82 Å². The lowest BCUT2D eigenvalue weighted by atomic mass is 10.1. The minimum Gasteiger partial charge on any atom is -0.389 e. The lowest BCUT2D eigenvalue weighted by Gasteiger charge is -2.24. The Kier molecular flexibility index (Phi) is 4.56. The zero-order valence-corrected chi connectivity index (χ0v) is 10.1. The van der Waals surface area contributed by atoms with Crippen LogP contribution in [0.1, 0.15) is 25.0 Å². The Labute approximate surface area is 103 Å². The van der Waals surface area contributed by atoms with Crippen molar-refractivity contribution in [2.45, 2.75) is 25.6 Å². The molecule has 18 heavy (non-hydrogen) atoms. The van der Waals surface area contributed by atoms with Crippen LogP contribution in [0.3, 0.4) is 0 Å². The molecular formula is C12H15F4NO. The first-order chi connectivity index (χ1) is 8.20. The summed E-state index contributed by atoms with van der Waals surface area (Å²) in [7, 11) is 1.48. The molecule has 1 rings (SSSR count). The molecule has 0 saturated heterocycles. The van der Waals surface area contributed by atoms with Gasteiger partial charge in [-0.1, -0.05) is 0 Å². The maximum Gasteiger partial charge on any atom is 0.390 e. The molecule has 1 atom stereocenters. The number of anilines is 1. The van der Waals surface area contributed by atoms with Crippen LogP contribution in [0.15, 0.2) is 18.2 Å². The van der Waals surface area contributed by atoms with Crippen molar-refractivity contribution in [3.05, 3.63) is 29.6 Å². The van der Waals surface area contributed by atoms with E-state index >= 15 is 0 Å². The van der Waals surface area contributed by atoms with Crippen LogP contribution in [0.25, 0.3) is 0 Å². The van der Waals surface area contributed by atoms with E-state index < -0.39 is 24.5 Å². The second-order valence-corrected chi connectivity index (χ2v) is 4.17. The van der Waals surface area contributed by atoms with Crippen LogP contribution < -0.4 is 4.90 Å². The van der Waals surface area contributed by atoms with E-state index in [2.05, 4.69) is 0 Å². The topological polar surface area (TPSA) is 23.5 Å². The van der Waals surface area contributed by atoms with Gasteiger partial charge < -0.3 is 10.0 Å². The van der Waals surface area contributed by atoms with E-state index in [0.717, 1.165) is 12.1 Å². The van der Waals surface area contributed by atoms with Crippen LogP contribution in [0.2, 0.25) is 0 Å². The van der Waals surface area contributed by atoms with Crippen molar-refractivity contribution in [3.8, 4) is 0 Å². The van der Waals surface area contributed by atoms with E-state index in [9.17, 15) is 22.7 Å². The van der Waals surface area contributed by atoms with Crippen LogP contribution in [-0.2, 0) is 0 Å².